The number of hydrogen-bond acceptors (Lipinski definition) is 5. The number of nitrogens with one attached hydrogen (secondary N) is 1. The van der Waals surface area contributed by atoms with E-state index in [0.717, 1.165) is 5.56 Å². The quantitative estimate of drug-likeness (QED) is 0.859. The highest BCUT2D eigenvalue weighted by Gasteiger charge is 2.37. The summed E-state index contributed by atoms with van der Waals surface area (Å²) in [5, 5.41) is 12.0. The maximum atomic E-state index is 11.8. The van der Waals surface area contributed by atoms with E-state index in [2.05, 4.69) is 5.32 Å². The lowest BCUT2D eigenvalue weighted by Gasteiger charge is -2.23. The summed E-state index contributed by atoms with van der Waals surface area (Å²) in [6, 6.07) is 8.82. The number of rotatable bonds is 5. The van der Waals surface area contributed by atoms with Gasteiger partial charge in [-0.3, -0.25) is 0 Å². The van der Waals surface area contributed by atoms with E-state index in [-0.39, 0.29) is 13.2 Å². The number of alkyl carbamates (subject to hydrolysis) is 1. The molecule has 1 aromatic rings. The van der Waals surface area contributed by atoms with Crippen LogP contribution >= 0.6 is 0 Å². The van der Waals surface area contributed by atoms with Crippen molar-refractivity contribution < 1.29 is 24.1 Å². The first-order valence-corrected chi connectivity index (χ1v) is 6.90. The molecule has 0 bridgehead atoms. The van der Waals surface area contributed by atoms with Crippen LogP contribution in [0.3, 0.4) is 0 Å². The van der Waals surface area contributed by atoms with Crippen LogP contribution in [-0.2, 0) is 20.8 Å². The molecule has 116 valence electrons. The van der Waals surface area contributed by atoms with Crippen molar-refractivity contribution in [2.24, 2.45) is 0 Å². The Morgan fingerprint density at radius 3 is 2.76 bits per heavy atom. The van der Waals surface area contributed by atoms with Gasteiger partial charge in [0.05, 0.1) is 19.3 Å². The van der Waals surface area contributed by atoms with Gasteiger partial charge in [0.15, 0.2) is 5.79 Å². The molecule has 0 radical (unpaired) electrons. The first-order valence-electron chi connectivity index (χ1n) is 6.90. The number of carbonyl (C=O) groups is 1. The van der Waals surface area contributed by atoms with Crippen molar-refractivity contribution in [2.75, 3.05) is 13.2 Å². The van der Waals surface area contributed by atoms with Crippen molar-refractivity contribution in [3.8, 4) is 0 Å². The van der Waals surface area contributed by atoms with Gasteiger partial charge < -0.3 is 24.6 Å². The van der Waals surface area contributed by atoms with Gasteiger partial charge in [-0.1, -0.05) is 30.3 Å². The molecule has 1 heterocycles. The van der Waals surface area contributed by atoms with Crippen LogP contribution in [-0.4, -0.2) is 42.3 Å². The van der Waals surface area contributed by atoms with E-state index in [9.17, 15) is 9.90 Å². The van der Waals surface area contributed by atoms with Crippen LogP contribution in [0.5, 0.6) is 0 Å². The van der Waals surface area contributed by atoms with Crippen LogP contribution in [0.1, 0.15) is 19.4 Å². The van der Waals surface area contributed by atoms with Crippen molar-refractivity contribution in [1.82, 2.24) is 5.32 Å². The SMILES string of the molecule is CC1(C)OC[C@H]([C@H](CO)NC(=O)OCc2ccccc2)O1. The summed E-state index contributed by atoms with van der Waals surface area (Å²) in [5.74, 6) is -0.701. The standard InChI is InChI=1S/C15H21NO5/c1-15(2)20-10-13(21-15)12(8-17)16-14(18)19-9-11-6-4-3-5-7-11/h3-7,12-13,17H,8-10H2,1-2H3,(H,16,18)/t12-,13+/m0/s1. The van der Waals surface area contributed by atoms with Gasteiger partial charge in [-0.25, -0.2) is 4.79 Å². The zero-order valence-corrected chi connectivity index (χ0v) is 12.2. The Kier molecular flexibility index (Phi) is 5.17. The number of carbonyl (C=O) groups excluding carboxylic acids is 1. The second-order valence-electron chi connectivity index (χ2n) is 5.36. The topological polar surface area (TPSA) is 77.0 Å². The van der Waals surface area contributed by atoms with E-state index in [1.165, 1.54) is 0 Å². The zero-order valence-electron chi connectivity index (χ0n) is 12.2. The van der Waals surface area contributed by atoms with Gasteiger partial charge in [-0.15, -0.1) is 0 Å². The molecule has 0 spiro atoms. The van der Waals surface area contributed by atoms with E-state index in [0.29, 0.717) is 6.61 Å². The normalized spacial score (nSPS) is 21.8. The fourth-order valence-electron chi connectivity index (χ4n) is 2.09. The first-order chi connectivity index (χ1) is 10.00. The van der Waals surface area contributed by atoms with Gasteiger partial charge in [0.25, 0.3) is 0 Å². The molecule has 2 atom stereocenters. The van der Waals surface area contributed by atoms with Gasteiger partial charge >= 0.3 is 6.09 Å². The number of hydrogen-bond donors (Lipinski definition) is 2. The molecule has 0 aromatic heterocycles. The second kappa shape index (κ2) is 6.89. The van der Waals surface area contributed by atoms with Crippen molar-refractivity contribution in [3.05, 3.63) is 35.9 Å². The van der Waals surface area contributed by atoms with Gasteiger partial charge in [0.1, 0.15) is 12.7 Å². The summed E-state index contributed by atoms with van der Waals surface area (Å²) in [6.45, 7) is 3.82. The monoisotopic (exact) mass is 295 g/mol. The fourth-order valence-corrected chi connectivity index (χ4v) is 2.09. The average molecular weight is 295 g/mol. The summed E-state index contributed by atoms with van der Waals surface area (Å²) in [5.41, 5.74) is 0.898. The van der Waals surface area contributed by atoms with Crippen LogP contribution < -0.4 is 5.32 Å². The highest BCUT2D eigenvalue weighted by Crippen LogP contribution is 2.24. The van der Waals surface area contributed by atoms with E-state index in [1.807, 2.05) is 30.3 Å². The molecular weight excluding hydrogens is 274 g/mol. The van der Waals surface area contributed by atoms with Crippen molar-refractivity contribution in [3.63, 3.8) is 0 Å². The predicted octanol–water partition coefficient (Wildman–Crippen LogP) is 1.43. The third-order valence-corrected chi connectivity index (χ3v) is 3.19. The van der Waals surface area contributed by atoms with E-state index < -0.39 is 24.0 Å². The Balaban J connectivity index is 1.80. The third-order valence-electron chi connectivity index (χ3n) is 3.19. The number of ether oxygens (including phenoxy) is 3. The van der Waals surface area contributed by atoms with Crippen LogP contribution in [0.4, 0.5) is 4.79 Å². The Hall–Kier alpha value is -1.63. The molecule has 1 aliphatic rings. The molecule has 1 amide bonds. The Morgan fingerprint density at radius 1 is 1.48 bits per heavy atom. The summed E-state index contributed by atoms with van der Waals surface area (Å²) in [4.78, 5) is 11.8. The van der Waals surface area contributed by atoms with Crippen LogP contribution in [0.25, 0.3) is 0 Å². The minimum atomic E-state index is -0.701. The number of benzene rings is 1. The maximum Gasteiger partial charge on any atom is 0.407 e. The Labute approximate surface area is 124 Å². The second-order valence-corrected chi connectivity index (χ2v) is 5.36. The molecule has 1 saturated heterocycles. The van der Waals surface area contributed by atoms with Crippen LogP contribution in [0.2, 0.25) is 0 Å². The largest absolute Gasteiger partial charge is 0.445 e. The molecular formula is C15H21NO5. The number of amides is 1. The van der Waals surface area contributed by atoms with Gasteiger partial charge in [0, 0.05) is 0 Å². The molecule has 1 aliphatic heterocycles. The average Bonchev–Trinajstić information content (AvgIpc) is 2.83. The lowest BCUT2D eigenvalue weighted by molar-refractivity contribution is -0.142. The minimum Gasteiger partial charge on any atom is -0.445 e. The summed E-state index contributed by atoms with van der Waals surface area (Å²) >= 11 is 0. The van der Waals surface area contributed by atoms with Crippen molar-refractivity contribution >= 4 is 6.09 Å². The molecule has 0 unspecified atom stereocenters. The van der Waals surface area contributed by atoms with Crippen molar-refractivity contribution in [2.45, 2.75) is 38.4 Å². The minimum absolute atomic E-state index is 0.179. The summed E-state index contributed by atoms with van der Waals surface area (Å²) in [7, 11) is 0. The lowest BCUT2D eigenvalue weighted by Crippen LogP contribution is -2.47. The number of aliphatic hydroxyl groups is 1. The molecule has 2 rings (SSSR count). The fraction of sp³-hybridized carbons (Fsp3) is 0.533. The van der Waals surface area contributed by atoms with E-state index in [4.69, 9.17) is 14.2 Å². The molecule has 6 heteroatoms. The van der Waals surface area contributed by atoms with Gasteiger partial charge in [-0.05, 0) is 19.4 Å². The Bertz CT molecular complexity index is 462. The molecule has 0 aliphatic carbocycles. The molecule has 1 fully saturated rings. The summed E-state index contributed by atoms with van der Waals surface area (Å²) in [6.07, 6.45) is -0.986. The molecule has 2 N–H and O–H groups in total. The highest BCUT2D eigenvalue weighted by atomic mass is 16.7. The lowest BCUT2D eigenvalue weighted by atomic mass is 10.2. The Morgan fingerprint density at radius 2 is 2.19 bits per heavy atom. The maximum absolute atomic E-state index is 11.8. The van der Waals surface area contributed by atoms with E-state index >= 15 is 0 Å². The number of aliphatic hydroxyl groups excluding tert-OH is 1. The summed E-state index contributed by atoms with van der Waals surface area (Å²) < 4.78 is 16.1. The van der Waals surface area contributed by atoms with Crippen LogP contribution in [0, 0.1) is 0 Å². The molecule has 1 aromatic carbocycles. The van der Waals surface area contributed by atoms with Gasteiger partial charge in [0.2, 0.25) is 0 Å². The van der Waals surface area contributed by atoms with Crippen LogP contribution in [0.15, 0.2) is 30.3 Å². The van der Waals surface area contributed by atoms with E-state index in [1.54, 1.807) is 13.8 Å². The van der Waals surface area contributed by atoms with Crippen molar-refractivity contribution in [1.29, 1.82) is 0 Å². The first kappa shape index (κ1) is 15.8. The zero-order chi connectivity index (χ0) is 15.3. The molecule has 6 nitrogen and oxygen atoms in total. The predicted molar refractivity (Wildman–Crippen MR) is 75.5 cm³/mol. The smallest absolute Gasteiger partial charge is 0.407 e. The highest BCUT2D eigenvalue weighted by molar-refractivity contribution is 5.67. The molecule has 21 heavy (non-hydrogen) atoms. The molecule has 0 saturated carbocycles. The van der Waals surface area contributed by atoms with Gasteiger partial charge in [-0.2, -0.15) is 0 Å². The third kappa shape index (κ3) is 4.70.